The van der Waals surface area contributed by atoms with Crippen LogP contribution in [0.4, 0.5) is 4.39 Å². The lowest BCUT2D eigenvalue weighted by atomic mass is 9.80. The van der Waals surface area contributed by atoms with Crippen molar-refractivity contribution in [2.75, 3.05) is 6.61 Å². The maximum Gasteiger partial charge on any atom is 0.142 e. The fourth-order valence-electron chi connectivity index (χ4n) is 2.63. The van der Waals surface area contributed by atoms with Gasteiger partial charge in [0.15, 0.2) is 0 Å². The zero-order valence-corrected chi connectivity index (χ0v) is 11.4. The average molecular weight is 273 g/mol. The van der Waals surface area contributed by atoms with Gasteiger partial charge in [0.2, 0.25) is 0 Å². The van der Waals surface area contributed by atoms with Gasteiger partial charge in [-0.15, -0.1) is 0 Å². The zero-order chi connectivity index (χ0) is 13.4. The number of hydrogen-bond donors (Lipinski definition) is 1. The molecule has 4 heteroatoms. The third-order valence-corrected chi connectivity index (χ3v) is 3.64. The first-order valence-electron chi connectivity index (χ1n) is 6.10. The molecule has 0 radical (unpaired) electrons. The normalized spacial score (nSPS) is 27.2. The van der Waals surface area contributed by atoms with E-state index in [1.165, 1.54) is 12.1 Å². The number of ether oxygens (including phenoxy) is 1. The largest absolute Gasteiger partial charge is 0.389 e. The molecule has 100 valence electrons. The fraction of sp³-hybridized carbons (Fsp3) is 0.571. The summed E-state index contributed by atoms with van der Waals surface area (Å²) in [6.45, 7) is 4.44. The predicted molar refractivity (Wildman–Crippen MR) is 69.3 cm³/mol. The highest BCUT2D eigenvalue weighted by molar-refractivity contribution is 6.30. The van der Waals surface area contributed by atoms with E-state index in [1.54, 1.807) is 6.07 Å². The number of rotatable bonds is 2. The molecule has 0 spiro atoms. The van der Waals surface area contributed by atoms with Crippen LogP contribution in [0.25, 0.3) is 0 Å². The minimum absolute atomic E-state index is 0.109. The molecule has 0 aliphatic carbocycles. The summed E-state index contributed by atoms with van der Waals surface area (Å²) in [6, 6.07) is 4.68. The van der Waals surface area contributed by atoms with Gasteiger partial charge in [-0.2, -0.15) is 0 Å². The van der Waals surface area contributed by atoms with Crippen LogP contribution in [0.5, 0.6) is 0 Å². The Kier molecular flexibility index (Phi) is 3.67. The number of halogens is 2. The molecule has 1 aromatic carbocycles. The van der Waals surface area contributed by atoms with Crippen LogP contribution in [0.2, 0.25) is 5.02 Å². The monoisotopic (exact) mass is 272 g/mol. The quantitative estimate of drug-likeness (QED) is 0.895. The number of benzene rings is 1. The molecular formula is C14H18ClFO2. The van der Waals surface area contributed by atoms with Crippen LogP contribution >= 0.6 is 11.6 Å². The van der Waals surface area contributed by atoms with Crippen molar-refractivity contribution in [2.45, 2.75) is 44.3 Å². The van der Waals surface area contributed by atoms with Gasteiger partial charge in [0.25, 0.3) is 0 Å². The molecular weight excluding hydrogens is 255 g/mol. The molecule has 0 aromatic heterocycles. The lowest BCUT2D eigenvalue weighted by molar-refractivity contribution is -0.143. The van der Waals surface area contributed by atoms with Crippen molar-refractivity contribution >= 4 is 11.6 Å². The topological polar surface area (TPSA) is 29.5 Å². The number of aliphatic hydroxyl groups is 1. The standard InChI is InChI=1S/C14H18ClFO2/c1-13(2)9-14(17,5-6-18-13)8-10-3-4-11(15)12(16)7-10/h3-4,7,17H,5-6,8-9H2,1-2H3. The first-order valence-corrected chi connectivity index (χ1v) is 6.48. The van der Waals surface area contributed by atoms with Crippen molar-refractivity contribution in [1.82, 2.24) is 0 Å². The summed E-state index contributed by atoms with van der Waals surface area (Å²) in [5, 5.41) is 10.7. The van der Waals surface area contributed by atoms with E-state index in [0.717, 1.165) is 5.56 Å². The summed E-state index contributed by atoms with van der Waals surface area (Å²) in [6.07, 6.45) is 1.54. The van der Waals surface area contributed by atoms with Crippen molar-refractivity contribution in [3.8, 4) is 0 Å². The van der Waals surface area contributed by atoms with Crippen molar-refractivity contribution in [1.29, 1.82) is 0 Å². The van der Waals surface area contributed by atoms with Gasteiger partial charge in [-0.05, 0) is 38.0 Å². The molecule has 1 aliphatic rings. The van der Waals surface area contributed by atoms with E-state index in [2.05, 4.69) is 0 Å². The van der Waals surface area contributed by atoms with Gasteiger partial charge in [-0.3, -0.25) is 0 Å². The molecule has 0 bridgehead atoms. The minimum atomic E-state index is -0.831. The van der Waals surface area contributed by atoms with Crippen LogP contribution in [-0.2, 0) is 11.2 Å². The van der Waals surface area contributed by atoms with Crippen LogP contribution in [-0.4, -0.2) is 22.9 Å². The maximum atomic E-state index is 13.4. The zero-order valence-electron chi connectivity index (χ0n) is 10.7. The molecule has 0 saturated carbocycles. The lowest BCUT2D eigenvalue weighted by Gasteiger charge is -2.41. The molecule has 0 amide bonds. The maximum absolute atomic E-state index is 13.4. The molecule has 1 N–H and O–H groups in total. The summed E-state index contributed by atoms with van der Waals surface area (Å²) < 4.78 is 19.0. The SMILES string of the molecule is CC1(C)CC(O)(Cc2ccc(Cl)c(F)c2)CCO1. The Hall–Kier alpha value is -0.640. The predicted octanol–water partition coefficient (Wildman–Crippen LogP) is 3.34. The second-order valence-corrected chi connectivity index (χ2v) is 6.09. The summed E-state index contributed by atoms with van der Waals surface area (Å²) in [7, 11) is 0. The second kappa shape index (κ2) is 4.80. The molecule has 2 rings (SSSR count). The molecule has 2 nitrogen and oxygen atoms in total. The Bertz CT molecular complexity index is 447. The van der Waals surface area contributed by atoms with Crippen LogP contribution in [0.1, 0.15) is 32.3 Å². The Labute approximate surface area is 112 Å². The fourth-order valence-corrected chi connectivity index (χ4v) is 2.75. The van der Waals surface area contributed by atoms with Crippen molar-refractivity contribution in [3.05, 3.63) is 34.6 Å². The van der Waals surface area contributed by atoms with Crippen molar-refractivity contribution in [2.24, 2.45) is 0 Å². The number of hydrogen-bond acceptors (Lipinski definition) is 2. The van der Waals surface area contributed by atoms with Crippen molar-refractivity contribution < 1.29 is 14.2 Å². The van der Waals surface area contributed by atoms with Crippen LogP contribution in [0.3, 0.4) is 0 Å². The second-order valence-electron chi connectivity index (χ2n) is 5.68. The van der Waals surface area contributed by atoms with E-state index < -0.39 is 11.4 Å². The van der Waals surface area contributed by atoms with E-state index in [-0.39, 0.29) is 10.6 Å². The first-order chi connectivity index (χ1) is 8.30. The Balaban J connectivity index is 2.14. The molecule has 1 unspecified atom stereocenters. The van der Waals surface area contributed by atoms with E-state index in [9.17, 15) is 9.50 Å². The lowest BCUT2D eigenvalue weighted by Crippen LogP contribution is -2.47. The summed E-state index contributed by atoms with van der Waals surface area (Å²) >= 11 is 5.65. The molecule has 1 aromatic rings. The third kappa shape index (κ3) is 3.22. The molecule has 1 heterocycles. The van der Waals surface area contributed by atoms with Gasteiger partial charge in [-0.25, -0.2) is 4.39 Å². The van der Waals surface area contributed by atoms with E-state index in [4.69, 9.17) is 16.3 Å². The van der Waals surface area contributed by atoms with E-state index in [0.29, 0.717) is 25.9 Å². The first kappa shape index (κ1) is 13.8. The van der Waals surface area contributed by atoms with Gasteiger partial charge < -0.3 is 9.84 Å². The van der Waals surface area contributed by atoms with Gasteiger partial charge in [0, 0.05) is 12.8 Å². The third-order valence-electron chi connectivity index (χ3n) is 3.33. The molecule has 1 saturated heterocycles. The molecule has 1 atom stereocenters. The molecule has 1 aliphatic heterocycles. The van der Waals surface area contributed by atoms with Gasteiger partial charge in [0.05, 0.1) is 22.8 Å². The minimum Gasteiger partial charge on any atom is -0.389 e. The van der Waals surface area contributed by atoms with Gasteiger partial charge in [-0.1, -0.05) is 17.7 Å². The summed E-state index contributed by atoms with van der Waals surface area (Å²) in [5.41, 5.74) is -0.405. The Morgan fingerprint density at radius 2 is 2.17 bits per heavy atom. The van der Waals surface area contributed by atoms with Crippen LogP contribution < -0.4 is 0 Å². The van der Waals surface area contributed by atoms with E-state index in [1.807, 2.05) is 13.8 Å². The highest BCUT2D eigenvalue weighted by atomic mass is 35.5. The molecule has 1 fully saturated rings. The van der Waals surface area contributed by atoms with E-state index >= 15 is 0 Å². The Morgan fingerprint density at radius 3 is 2.78 bits per heavy atom. The highest BCUT2D eigenvalue weighted by Gasteiger charge is 2.39. The van der Waals surface area contributed by atoms with Crippen LogP contribution in [0.15, 0.2) is 18.2 Å². The smallest absolute Gasteiger partial charge is 0.142 e. The van der Waals surface area contributed by atoms with Gasteiger partial charge >= 0.3 is 0 Å². The summed E-state index contributed by atoms with van der Waals surface area (Å²) in [4.78, 5) is 0. The Morgan fingerprint density at radius 1 is 1.44 bits per heavy atom. The van der Waals surface area contributed by atoms with Gasteiger partial charge in [0.1, 0.15) is 5.82 Å². The highest BCUT2D eigenvalue weighted by Crippen LogP contribution is 2.34. The van der Waals surface area contributed by atoms with Crippen LogP contribution in [0, 0.1) is 5.82 Å². The summed E-state index contributed by atoms with van der Waals surface area (Å²) in [5.74, 6) is -0.441. The molecule has 18 heavy (non-hydrogen) atoms. The average Bonchev–Trinajstić information content (AvgIpc) is 2.21. The van der Waals surface area contributed by atoms with Crippen molar-refractivity contribution in [3.63, 3.8) is 0 Å².